The van der Waals surface area contributed by atoms with E-state index in [0.717, 1.165) is 22.6 Å². The molecule has 2 aromatic carbocycles. The Morgan fingerprint density at radius 2 is 1.83 bits per heavy atom. The lowest BCUT2D eigenvalue weighted by molar-refractivity contribution is -0.00174. The van der Waals surface area contributed by atoms with E-state index in [4.69, 9.17) is 9.47 Å². The van der Waals surface area contributed by atoms with Crippen LogP contribution in [0, 0.1) is 5.41 Å². The Kier molecular flexibility index (Phi) is 5.89. The minimum absolute atomic E-state index is 0.0141. The van der Waals surface area contributed by atoms with Crippen molar-refractivity contribution < 1.29 is 19.1 Å². The van der Waals surface area contributed by atoms with E-state index >= 15 is 0 Å². The van der Waals surface area contributed by atoms with E-state index in [-0.39, 0.29) is 17.1 Å². The van der Waals surface area contributed by atoms with Crippen molar-refractivity contribution in [1.29, 1.82) is 0 Å². The van der Waals surface area contributed by atoms with Crippen molar-refractivity contribution in [2.45, 2.75) is 45.6 Å². The van der Waals surface area contributed by atoms with Gasteiger partial charge in [0.05, 0.1) is 24.6 Å². The van der Waals surface area contributed by atoms with Crippen molar-refractivity contribution in [3.63, 3.8) is 0 Å². The first kappa shape index (κ1) is 24.1. The molecule has 1 spiro atoms. The molecule has 1 amide bonds. The van der Waals surface area contributed by atoms with Crippen LogP contribution in [0.4, 0.5) is 0 Å². The van der Waals surface area contributed by atoms with Gasteiger partial charge in [-0.25, -0.2) is 0 Å². The molecule has 0 aliphatic carbocycles. The first-order valence-electron chi connectivity index (χ1n) is 12.4. The number of aromatic nitrogens is 2. The SMILES string of the molecule is COc1cc(C(=O)N2CCC3(CC2)Oc2ccccc2-c2c3cnn2C)ccc1C(=O)CC(C)(C)C. The molecule has 0 unspecified atom stereocenters. The summed E-state index contributed by atoms with van der Waals surface area (Å²) in [6.45, 7) is 7.20. The summed E-state index contributed by atoms with van der Waals surface area (Å²) in [5.74, 6) is 1.24. The zero-order valence-electron chi connectivity index (χ0n) is 21.6. The fraction of sp³-hybridized carbons (Fsp3) is 0.414. The van der Waals surface area contributed by atoms with Crippen LogP contribution in [-0.2, 0) is 12.6 Å². The molecule has 1 saturated heterocycles. The number of piperidine rings is 1. The van der Waals surface area contributed by atoms with Gasteiger partial charge in [0.15, 0.2) is 5.78 Å². The molecule has 1 aromatic heterocycles. The average molecular weight is 488 g/mol. The molecule has 3 heterocycles. The van der Waals surface area contributed by atoms with Gasteiger partial charge < -0.3 is 14.4 Å². The number of ketones is 1. The first-order chi connectivity index (χ1) is 17.1. The second kappa shape index (κ2) is 8.80. The quantitative estimate of drug-likeness (QED) is 0.471. The Labute approximate surface area is 212 Å². The van der Waals surface area contributed by atoms with Gasteiger partial charge in [-0.2, -0.15) is 5.10 Å². The number of carbonyl (C=O) groups is 2. The van der Waals surface area contributed by atoms with Gasteiger partial charge in [0.25, 0.3) is 5.91 Å². The van der Waals surface area contributed by atoms with Crippen molar-refractivity contribution in [3.05, 3.63) is 65.4 Å². The number of aryl methyl sites for hydroxylation is 1. The summed E-state index contributed by atoms with van der Waals surface area (Å²) in [5.41, 5.74) is 3.61. The topological polar surface area (TPSA) is 73.7 Å². The number of para-hydroxylation sites is 1. The van der Waals surface area contributed by atoms with Gasteiger partial charge in [0.1, 0.15) is 17.1 Å². The fourth-order valence-electron chi connectivity index (χ4n) is 5.36. The summed E-state index contributed by atoms with van der Waals surface area (Å²) >= 11 is 0. The van der Waals surface area contributed by atoms with E-state index in [1.807, 2.05) is 61.8 Å². The fourth-order valence-corrected chi connectivity index (χ4v) is 5.36. The molecule has 7 heteroatoms. The molecule has 36 heavy (non-hydrogen) atoms. The number of methoxy groups -OCH3 is 1. The third kappa shape index (κ3) is 4.16. The Hall–Kier alpha value is -3.61. The Bertz CT molecular complexity index is 1330. The third-order valence-corrected chi connectivity index (χ3v) is 7.18. The van der Waals surface area contributed by atoms with E-state index < -0.39 is 5.60 Å². The van der Waals surface area contributed by atoms with Gasteiger partial charge in [0, 0.05) is 56.1 Å². The van der Waals surface area contributed by atoms with Crippen LogP contribution in [0.25, 0.3) is 11.3 Å². The minimum Gasteiger partial charge on any atom is -0.496 e. The summed E-state index contributed by atoms with van der Waals surface area (Å²) in [4.78, 5) is 28.1. The molecule has 0 radical (unpaired) electrons. The van der Waals surface area contributed by atoms with Crippen molar-refractivity contribution in [3.8, 4) is 22.8 Å². The molecule has 0 atom stereocenters. The molecular weight excluding hydrogens is 454 g/mol. The number of hydrogen-bond acceptors (Lipinski definition) is 5. The maximum atomic E-state index is 13.4. The summed E-state index contributed by atoms with van der Waals surface area (Å²) in [6.07, 6.45) is 3.65. The highest BCUT2D eigenvalue weighted by Crippen LogP contribution is 2.49. The summed E-state index contributed by atoms with van der Waals surface area (Å²) in [6, 6.07) is 13.2. The van der Waals surface area contributed by atoms with Crippen molar-refractivity contribution in [2.75, 3.05) is 20.2 Å². The van der Waals surface area contributed by atoms with Gasteiger partial charge in [-0.05, 0) is 35.7 Å². The molecule has 3 aromatic rings. The van der Waals surface area contributed by atoms with E-state index in [9.17, 15) is 9.59 Å². The highest BCUT2D eigenvalue weighted by atomic mass is 16.5. The van der Waals surface area contributed by atoms with Gasteiger partial charge >= 0.3 is 0 Å². The van der Waals surface area contributed by atoms with E-state index in [2.05, 4.69) is 11.2 Å². The summed E-state index contributed by atoms with van der Waals surface area (Å²) in [7, 11) is 3.49. The number of ether oxygens (including phenoxy) is 2. The van der Waals surface area contributed by atoms with E-state index in [0.29, 0.717) is 49.2 Å². The molecule has 2 aliphatic heterocycles. The highest BCUT2D eigenvalue weighted by molar-refractivity contribution is 6.01. The normalized spacial score (nSPS) is 16.2. The monoisotopic (exact) mass is 487 g/mol. The zero-order chi connectivity index (χ0) is 25.7. The van der Waals surface area contributed by atoms with Gasteiger partial charge in [-0.1, -0.05) is 32.9 Å². The van der Waals surface area contributed by atoms with Gasteiger partial charge in [-0.3, -0.25) is 14.3 Å². The molecule has 5 rings (SSSR count). The number of hydrogen-bond donors (Lipinski definition) is 0. The molecule has 0 bridgehead atoms. The Balaban J connectivity index is 1.35. The van der Waals surface area contributed by atoms with Crippen molar-refractivity contribution in [2.24, 2.45) is 12.5 Å². The van der Waals surface area contributed by atoms with Crippen molar-refractivity contribution in [1.82, 2.24) is 14.7 Å². The van der Waals surface area contributed by atoms with E-state index in [1.54, 1.807) is 18.2 Å². The number of benzene rings is 2. The molecule has 7 nitrogen and oxygen atoms in total. The average Bonchev–Trinajstić information content (AvgIpc) is 3.25. The van der Waals surface area contributed by atoms with Crippen LogP contribution in [-0.4, -0.2) is 46.6 Å². The highest BCUT2D eigenvalue weighted by Gasteiger charge is 2.46. The predicted octanol–water partition coefficient (Wildman–Crippen LogP) is 5.24. The van der Waals surface area contributed by atoms with Gasteiger partial charge in [-0.15, -0.1) is 0 Å². The number of amides is 1. The van der Waals surface area contributed by atoms with Gasteiger partial charge in [0.2, 0.25) is 0 Å². The lowest BCUT2D eigenvalue weighted by atomic mass is 9.81. The molecule has 2 aliphatic rings. The molecule has 0 N–H and O–H groups in total. The third-order valence-electron chi connectivity index (χ3n) is 7.18. The summed E-state index contributed by atoms with van der Waals surface area (Å²) < 4.78 is 14.0. The number of nitrogens with zero attached hydrogens (tertiary/aromatic N) is 3. The van der Waals surface area contributed by atoms with Crippen LogP contribution in [0.2, 0.25) is 0 Å². The number of fused-ring (bicyclic) bond motifs is 4. The summed E-state index contributed by atoms with van der Waals surface area (Å²) in [5, 5.41) is 4.53. The minimum atomic E-state index is -0.504. The zero-order valence-corrected chi connectivity index (χ0v) is 21.6. The second-order valence-electron chi connectivity index (χ2n) is 11.0. The molecule has 1 fully saturated rings. The van der Waals surface area contributed by atoms with Crippen LogP contribution in [0.15, 0.2) is 48.7 Å². The molecule has 0 saturated carbocycles. The lowest BCUT2D eigenvalue weighted by Crippen LogP contribution is -2.49. The molecular formula is C29H33N3O4. The largest absolute Gasteiger partial charge is 0.496 e. The van der Waals surface area contributed by atoms with Crippen LogP contribution in [0.3, 0.4) is 0 Å². The maximum absolute atomic E-state index is 13.4. The lowest BCUT2D eigenvalue weighted by Gasteiger charge is -2.44. The first-order valence-corrected chi connectivity index (χ1v) is 12.4. The van der Waals surface area contributed by atoms with Crippen LogP contribution < -0.4 is 9.47 Å². The maximum Gasteiger partial charge on any atom is 0.253 e. The van der Waals surface area contributed by atoms with E-state index in [1.165, 1.54) is 7.11 Å². The Morgan fingerprint density at radius 3 is 2.53 bits per heavy atom. The number of likely N-dealkylation sites (tertiary alicyclic amines) is 1. The number of carbonyl (C=O) groups excluding carboxylic acids is 2. The van der Waals surface area contributed by atoms with Crippen LogP contribution in [0.1, 0.15) is 66.3 Å². The standard InChI is InChI=1S/C29H33N3O4/c1-28(2,3)17-23(33)20-11-10-19(16-25(20)35-5)27(34)32-14-12-29(13-15-32)22-18-30-31(4)26(22)21-8-6-7-9-24(21)36-29/h6-11,16,18H,12-15,17H2,1-5H3. The molecule has 188 valence electrons. The van der Waals surface area contributed by atoms with Crippen LogP contribution >= 0.6 is 0 Å². The smallest absolute Gasteiger partial charge is 0.253 e. The number of Topliss-reactive ketones (excluding diaryl/α,β-unsaturated/α-hetero) is 1. The van der Waals surface area contributed by atoms with Crippen molar-refractivity contribution >= 4 is 11.7 Å². The predicted molar refractivity (Wildman–Crippen MR) is 137 cm³/mol. The second-order valence-corrected chi connectivity index (χ2v) is 11.0. The Morgan fingerprint density at radius 1 is 1.11 bits per heavy atom. The number of rotatable bonds is 4. The van der Waals surface area contributed by atoms with Crippen LogP contribution in [0.5, 0.6) is 11.5 Å².